The van der Waals surface area contributed by atoms with Gasteiger partial charge in [0.1, 0.15) is 0 Å². The summed E-state index contributed by atoms with van der Waals surface area (Å²) in [5.41, 5.74) is 5.50. The number of thiophene rings is 1. The summed E-state index contributed by atoms with van der Waals surface area (Å²) in [6, 6.07) is 9.27. The number of hydrogen-bond acceptors (Lipinski definition) is 4. The number of aryl methyl sites for hydroxylation is 1. The molecule has 1 aromatic carbocycles. The molecule has 2 amide bonds. The fraction of sp³-hybridized carbons (Fsp3) is 0.350. The fourth-order valence-corrected chi connectivity index (χ4v) is 4.23. The summed E-state index contributed by atoms with van der Waals surface area (Å²) in [6.07, 6.45) is 6.17. The molecule has 136 valence electrons. The Kier molecular flexibility index (Phi) is 5.83. The third-order valence-corrected chi connectivity index (χ3v) is 5.83. The molecule has 1 aliphatic carbocycles. The standard InChI is InChI=1S/C20H23N3O2S/c1-3-14-6-9-18-16(10-14)11-19(26-18)20(25)23-21-12-15-4-7-17(8-5-15)22-13(2)24/h4-5,7-8,11-12,14H,3,6,9-10H2,1-2H3,(H,22,24)(H,23,25)/b21-12-/t14-/m1/s1. The third-order valence-electron chi connectivity index (χ3n) is 4.60. The van der Waals surface area contributed by atoms with Gasteiger partial charge < -0.3 is 5.32 Å². The molecular weight excluding hydrogens is 346 g/mol. The molecule has 0 saturated carbocycles. The van der Waals surface area contributed by atoms with Crippen molar-refractivity contribution in [1.29, 1.82) is 0 Å². The number of carbonyl (C=O) groups is 2. The molecule has 0 radical (unpaired) electrons. The van der Waals surface area contributed by atoms with Crippen molar-refractivity contribution in [3.05, 3.63) is 51.2 Å². The van der Waals surface area contributed by atoms with Gasteiger partial charge in [0.2, 0.25) is 5.91 Å². The zero-order valence-corrected chi connectivity index (χ0v) is 15.9. The van der Waals surface area contributed by atoms with Crippen LogP contribution in [0.4, 0.5) is 5.69 Å². The molecule has 0 spiro atoms. The highest BCUT2D eigenvalue weighted by Crippen LogP contribution is 2.33. The molecule has 1 heterocycles. The molecule has 5 nitrogen and oxygen atoms in total. The lowest BCUT2D eigenvalue weighted by molar-refractivity contribution is -0.114. The van der Waals surface area contributed by atoms with Gasteiger partial charge in [-0.1, -0.05) is 25.5 Å². The van der Waals surface area contributed by atoms with Gasteiger partial charge in [0.15, 0.2) is 0 Å². The molecule has 2 N–H and O–H groups in total. The highest BCUT2D eigenvalue weighted by molar-refractivity contribution is 7.14. The molecule has 26 heavy (non-hydrogen) atoms. The number of rotatable bonds is 5. The summed E-state index contributed by atoms with van der Waals surface area (Å²) in [4.78, 5) is 25.4. The van der Waals surface area contributed by atoms with Gasteiger partial charge >= 0.3 is 0 Å². The molecule has 0 saturated heterocycles. The van der Waals surface area contributed by atoms with Gasteiger partial charge in [-0.3, -0.25) is 9.59 Å². The number of hydrazone groups is 1. The van der Waals surface area contributed by atoms with Gasteiger partial charge in [-0.05, 0) is 54.5 Å². The maximum absolute atomic E-state index is 12.3. The van der Waals surface area contributed by atoms with E-state index in [1.807, 2.05) is 18.2 Å². The minimum atomic E-state index is -0.163. The van der Waals surface area contributed by atoms with Crippen LogP contribution < -0.4 is 10.7 Å². The quantitative estimate of drug-likeness (QED) is 0.618. The van der Waals surface area contributed by atoms with Crippen LogP contribution in [-0.2, 0) is 17.6 Å². The van der Waals surface area contributed by atoms with Crippen LogP contribution in [0.15, 0.2) is 35.4 Å². The predicted molar refractivity (Wildman–Crippen MR) is 106 cm³/mol. The van der Waals surface area contributed by atoms with Crippen LogP contribution in [0.5, 0.6) is 0 Å². The lowest BCUT2D eigenvalue weighted by atomic mass is 9.87. The van der Waals surface area contributed by atoms with Crippen LogP contribution in [0.25, 0.3) is 0 Å². The van der Waals surface area contributed by atoms with Gasteiger partial charge in [-0.2, -0.15) is 5.10 Å². The largest absolute Gasteiger partial charge is 0.326 e. The Morgan fingerprint density at radius 3 is 2.77 bits per heavy atom. The van der Waals surface area contributed by atoms with Crippen molar-refractivity contribution in [1.82, 2.24) is 5.43 Å². The van der Waals surface area contributed by atoms with Gasteiger partial charge in [-0.15, -0.1) is 11.3 Å². The number of benzene rings is 1. The average molecular weight is 369 g/mol. The van der Waals surface area contributed by atoms with E-state index >= 15 is 0 Å². The number of amides is 2. The summed E-state index contributed by atoms with van der Waals surface area (Å²) < 4.78 is 0. The first-order valence-corrected chi connectivity index (χ1v) is 9.69. The lowest BCUT2D eigenvalue weighted by Crippen LogP contribution is -2.16. The number of carbonyl (C=O) groups excluding carboxylic acids is 2. The van der Waals surface area contributed by atoms with Crippen LogP contribution in [0.2, 0.25) is 0 Å². The zero-order chi connectivity index (χ0) is 18.5. The van der Waals surface area contributed by atoms with Crippen LogP contribution in [-0.4, -0.2) is 18.0 Å². The first-order chi connectivity index (χ1) is 12.5. The number of nitrogens with one attached hydrogen (secondary N) is 2. The lowest BCUT2D eigenvalue weighted by Gasteiger charge is -2.19. The van der Waals surface area contributed by atoms with E-state index in [2.05, 4.69) is 22.8 Å². The van der Waals surface area contributed by atoms with Gasteiger partial charge in [0.25, 0.3) is 5.91 Å². The fourth-order valence-electron chi connectivity index (χ4n) is 3.14. The average Bonchev–Trinajstić information content (AvgIpc) is 3.06. The number of nitrogens with zero attached hydrogens (tertiary/aromatic N) is 1. The molecule has 1 atom stereocenters. The SMILES string of the molecule is CC[C@@H]1CCc2sc(C(=O)N/N=C\c3ccc(NC(C)=O)cc3)cc2C1. The number of hydrogen-bond donors (Lipinski definition) is 2. The van der Waals surface area contributed by atoms with Crippen LogP contribution >= 0.6 is 11.3 Å². The Morgan fingerprint density at radius 2 is 2.08 bits per heavy atom. The van der Waals surface area contributed by atoms with Crippen molar-refractivity contribution < 1.29 is 9.59 Å². The maximum atomic E-state index is 12.3. The van der Waals surface area contributed by atoms with E-state index in [0.717, 1.165) is 34.9 Å². The van der Waals surface area contributed by atoms with E-state index in [-0.39, 0.29) is 11.8 Å². The van der Waals surface area contributed by atoms with Crippen molar-refractivity contribution in [2.24, 2.45) is 11.0 Å². The van der Waals surface area contributed by atoms with Crippen LogP contribution in [0.3, 0.4) is 0 Å². The smallest absolute Gasteiger partial charge is 0.281 e. The Hall–Kier alpha value is -2.47. The summed E-state index contributed by atoms with van der Waals surface area (Å²) >= 11 is 1.58. The van der Waals surface area contributed by atoms with Crippen molar-refractivity contribution in [2.75, 3.05) is 5.32 Å². The Bertz CT molecular complexity index is 824. The van der Waals surface area contributed by atoms with E-state index in [0.29, 0.717) is 0 Å². The van der Waals surface area contributed by atoms with Crippen molar-refractivity contribution in [3.63, 3.8) is 0 Å². The Morgan fingerprint density at radius 1 is 1.31 bits per heavy atom. The van der Waals surface area contributed by atoms with Crippen molar-refractivity contribution >= 4 is 35.1 Å². The maximum Gasteiger partial charge on any atom is 0.281 e. The second kappa shape index (κ2) is 8.27. The van der Waals surface area contributed by atoms with E-state index in [9.17, 15) is 9.59 Å². The molecule has 3 rings (SSSR count). The van der Waals surface area contributed by atoms with Gasteiger partial charge in [0, 0.05) is 17.5 Å². The minimum absolute atomic E-state index is 0.109. The summed E-state index contributed by atoms with van der Waals surface area (Å²) in [5.74, 6) is 0.470. The molecule has 0 unspecified atom stereocenters. The molecule has 0 fully saturated rings. The van der Waals surface area contributed by atoms with Crippen LogP contribution in [0, 0.1) is 5.92 Å². The third kappa shape index (κ3) is 4.58. The first kappa shape index (κ1) is 18.3. The minimum Gasteiger partial charge on any atom is -0.326 e. The number of anilines is 1. The van der Waals surface area contributed by atoms with E-state index < -0.39 is 0 Å². The van der Waals surface area contributed by atoms with Crippen LogP contribution in [0.1, 0.15) is 52.4 Å². The second-order valence-corrected chi connectivity index (χ2v) is 7.72. The Labute approximate surface area is 157 Å². The highest BCUT2D eigenvalue weighted by atomic mass is 32.1. The Balaban J connectivity index is 1.58. The van der Waals surface area contributed by atoms with Gasteiger partial charge in [0.05, 0.1) is 11.1 Å². The summed E-state index contributed by atoms with van der Waals surface area (Å²) in [6.45, 7) is 3.70. The second-order valence-electron chi connectivity index (χ2n) is 6.58. The topological polar surface area (TPSA) is 70.6 Å². The summed E-state index contributed by atoms with van der Waals surface area (Å²) in [5, 5.41) is 6.75. The van der Waals surface area contributed by atoms with Crippen molar-refractivity contribution in [2.45, 2.75) is 39.5 Å². The molecule has 2 aromatic rings. The highest BCUT2D eigenvalue weighted by Gasteiger charge is 2.21. The zero-order valence-electron chi connectivity index (χ0n) is 15.0. The molecule has 1 aromatic heterocycles. The number of fused-ring (bicyclic) bond motifs is 1. The molecule has 6 heteroatoms. The monoisotopic (exact) mass is 369 g/mol. The normalized spacial score (nSPS) is 16.3. The van der Waals surface area contributed by atoms with Gasteiger partial charge in [-0.25, -0.2) is 5.43 Å². The first-order valence-electron chi connectivity index (χ1n) is 8.87. The predicted octanol–water partition coefficient (Wildman–Crippen LogP) is 3.99. The van der Waals surface area contributed by atoms with E-state index in [4.69, 9.17) is 0 Å². The molecule has 0 bridgehead atoms. The van der Waals surface area contributed by atoms with Crippen molar-refractivity contribution in [3.8, 4) is 0 Å². The molecular formula is C20H23N3O2S. The molecule has 1 aliphatic rings. The molecule has 0 aliphatic heterocycles. The summed E-state index contributed by atoms with van der Waals surface area (Å²) in [7, 11) is 0. The van der Waals surface area contributed by atoms with E-state index in [1.165, 1.54) is 30.2 Å². The van der Waals surface area contributed by atoms with E-state index in [1.54, 1.807) is 29.7 Å².